The van der Waals surface area contributed by atoms with E-state index >= 15 is 0 Å². The molecule has 0 aromatic carbocycles. The van der Waals surface area contributed by atoms with Crippen LogP contribution in [0.25, 0.3) is 0 Å². The topological polar surface area (TPSA) is 0 Å². The maximum atomic E-state index is 13.6. The molecule has 19 heteroatoms. The summed E-state index contributed by atoms with van der Waals surface area (Å²) in [5.74, 6) is -64.1. The van der Waals surface area contributed by atoms with Crippen LogP contribution in [0, 0.1) is 0 Å². The number of rotatable bonds is 10. The summed E-state index contributed by atoms with van der Waals surface area (Å²) in [6.07, 6.45) is -5.97. The Morgan fingerprint density at radius 2 is 0.719 bits per heavy atom. The highest BCUT2D eigenvalue weighted by molar-refractivity contribution is 5.16. The molecule has 0 spiro atoms. The first-order valence-electron chi connectivity index (χ1n) is 7.51. The van der Waals surface area contributed by atoms with Crippen molar-refractivity contribution in [1.29, 1.82) is 0 Å². The van der Waals surface area contributed by atoms with Crippen molar-refractivity contribution in [2.45, 2.75) is 53.8 Å². The Labute approximate surface area is 166 Å². The Morgan fingerprint density at radius 1 is 0.469 bits per heavy atom. The van der Waals surface area contributed by atoms with Crippen LogP contribution in [0.1, 0.15) is 0 Å². The molecule has 0 fully saturated rings. The molecule has 0 N–H and O–H groups in total. The normalized spacial score (nSPS) is 16.7. The second-order valence-electron chi connectivity index (χ2n) is 7.52. The van der Waals surface area contributed by atoms with Gasteiger partial charge in [0, 0.05) is 0 Å². The fourth-order valence-corrected chi connectivity index (χ4v) is 2.06. The molecular weight excluding hydrogens is 512 g/mol. The summed E-state index contributed by atoms with van der Waals surface area (Å²) in [5.41, 5.74) is 0. The quantitative estimate of drug-likeness (QED) is 0.242. The van der Waals surface area contributed by atoms with Gasteiger partial charge in [-0.15, -0.1) is 0 Å². The van der Waals surface area contributed by atoms with Crippen molar-refractivity contribution >= 4 is 0 Å². The second kappa shape index (κ2) is 7.61. The molecule has 0 amide bonds. The molecule has 0 aliphatic carbocycles. The SMILES string of the molecule is C[N+](C)(C)CC(F)(F)C(F)(F)C(F)(F)C(F)(F)C(F)(F)C(F)(F)C(F)(F)C(F)(F)C(F)F. The third-order valence-corrected chi connectivity index (χ3v) is 3.80. The molecule has 194 valence electrons. The molecule has 0 unspecified atom stereocenters. The minimum Gasteiger partial charge on any atom is -0.326 e. The van der Waals surface area contributed by atoms with Crippen molar-refractivity contribution in [3.63, 3.8) is 0 Å². The molecule has 0 rings (SSSR count). The Balaban J connectivity index is 6.81. The summed E-state index contributed by atoms with van der Waals surface area (Å²) < 4.78 is 235. The largest absolute Gasteiger partial charge is 0.385 e. The predicted octanol–water partition coefficient (Wildman–Crippen LogP) is 6.04. The zero-order valence-corrected chi connectivity index (χ0v) is 15.5. The van der Waals surface area contributed by atoms with Gasteiger partial charge in [0.25, 0.3) is 0 Å². The van der Waals surface area contributed by atoms with Gasteiger partial charge in [0.15, 0.2) is 0 Å². The molecule has 0 aromatic rings. The van der Waals surface area contributed by atoms with Crippen molar-refractivity contribution in [3.8, 4) is 0 Å². The van der Waals surface area contributed by atoms with Crippen LogP contribution in [-0.4, -0.2) is 86.0 Å². The summed E-state index contributed by atoms with van der Waals surface area (Å²) in [5, 5.41) is 0. The van der Waals surface area contributed by atoms with Crippen LogP contribution >= 0.6 is 0 Å². The average Bonchev–Trinajstić information content (AvgIpc) is 2.50. The Hall–Kier alpha value is -1.30. The first-order valence-corrected chi connectivity index (χ1v) is 7.51. The number of hydrogen-bond donors (Lipinski definition) is 0. The van der Waals surface area contributed by atoms with Gasteiger partial charge < -0.3 is 4.48 Å². The number of hydrogen-bond acceptors (Lipinski definition) is 0. The van der Waals surface area contributed by atoms with E-state index in [2.05, 4.69) is 0 Å². The average molecular weight is 524 g/mol. The highest BCUT2D eigenvalue weighted by Gasteiger charge is 2.95. The van der Waals surface area contributed by atoms with Gasteiger partial charge in [0.1, 0.15) is 6.54 Å². The van der Waals surface area contributed by atoms with Crippen LogP contribution in [0.5, 0.6) is 0 Å². The predicted molar refractivity (Wildman–Crippen MR) is 68.5 cm³/mol. The lowest BCUT2D eigenvalue weighted by molar-refractivity contribution is -0.880. The Morgan fingerprint density at radius 3 is 0.969 bits per heavy atom. The molecule has 1 nitrogen and oxygen atoms in total. The fourth-order valence-electron chi connectivity index (χ4n) is 2.06. The summed E-state index contributed by atoms with van der Waals surface area (Å²) >= 11 is 0. The number of halogens is 18. The van der Waals surface area contributed by atoms with Crippen molar-refractivity contribution in [2.24, 2.45) is 0 Å². The van der Waals surface area contributed by atoms with Gasteiger partial charge in [-0.25, -0.2) is 8.78 Å². The zero-order valence-electron chi connectivity index (χ0n) is 15.5. The molecule has 0 radical (unpaired) electrons. The van der Waals surface area contributed by atoms with E-state index in [4.69, 9.17) is 0 Å². The third-order valence-electron chi connectivity index (χ3n) is 3.80. The molecule has 0 saturated carbocycles. The monoisotopic (exact) mass is 524 g/mol. The van der Waals surface area contributed by atoms with Crippen LogP contribution < -0.4 is 0 Å². The van der Waals surface area contributed by atoms with Crippen LogP contribution in [0.15, 0.2) is 0 Å². The van der Waals surface area contributed by atoms with E-state index in [1.54, 1.807) is 0 Å². The summed E-state index contributed by atoms with van der Waals surface area (Å²) in [4.78, 5) is 0. The maximum absolute atomic E-state index is 13.6. The molecule has 0 atom stereocenters. The standard InChI is InChI=1S/C13H12F18N/c1-32(2,3)4-6(16,17)8(20,21)10(24,25)12(28,29)13(30,31)11(26,27)9(22,23)7(18,19)5(14)15/h5H,4H2,1-3H3/q+1. The van der Waals surface area contributed by atoms with E-state index < -0.39 is 64.8 Å². The summed E-state index contributed by atoms with van der Waals surface area (Å²) in [7, 11) is 1.70. The van der Waals surface area contributed by atoms with E-state index in [1.165, 1.54) is 0 Å². The minimum absolute atomic E-state index is 0.565. The summed E-state index contributed by atoms with van der Waals surface area (Å²) in [6.45, 7) is -2.53. The first kappa shape index (κ1) is 30.7. The molecule has 0 aromatic heterocycles. The number of nitrogens with zero attached hydrogens (tertiary/aromatic N) is 1. The lowest BCUT2D eigenvalue weighted by atomic mass is 9.87. The van der Waals surface area contributed by atoms with E-state index in [9.17, 15) is 79.0 Å². The van der Waals surface area contributed by atoms with Crippen molar-refractivity contribution in [2.75, 3.05) is 27.7 Å². The molecular formula is C13H12F18N+. The molecule has 0 heterocycles. The highest BCUT2D eigenvalue weighted by Crippen LogP contribution is 2.64. The van der Waals surface area contributed by atoms with E-state index in [0.717, 1.165) is 0 Å². The molecule has 32 heavy (non-hydrogen) atoms. The third kappa shape index (κ3) is 4.05. The minimum atomic E-state index is -8.69. The Kier molecular flexibility index (Phi) is 7.30. The highest BCUT2D eigenvalue weighted by atomic mass is 19.4. The Bertz CT molecular complexity index is 673. The van der Waals surface area contributed by atoms with Gasteiger partial charge in [0.05, 0.1) is 21.1 Å². The van der Waals surface area contributed by atoms with Gasteiger partial charge in [-0.3, -0.25) is 0 Å². The maximum Gasteiger partial charge on any atom is 0.385 e. The van der Waals surface area contributed by atoms with Crippen LogP contribution in [-0.2, 0) is 0 Å². The van der Waals surface area contributed by atoms with Gasteiger partial charge in [-0.2, -0.15) is 70.2 Å². The van der Waals surface area contributed by atoms with Crippen molar-refractivity contribution in [1.82, 2.24) is 0 Å². The molecule has 0 saturated heterocycles. The van der Waals surface area contributed by atoms with Crippen LogP contribution in [0.2, 0.25) is 0 Å². The van der Waals surface area contributed by atoms with Crippen LogP contribution in [0.3, 0.4) is 0 Å². The van der Waals surface area contributed by atoms with Crippen molar-refractivity contribution in [3.05, 3.63) is 0 Å². The summed E-state index contributed by atoms with van der Waals surface area (Å²) in [6, 6.07) is 0. The zero-order chi connectivity index (χ0) is 26.8. The smallest absolute Gasteiger partial charge is 0.326 e. The van der Waals surface area contributed by atoms with E-state index in [1.807, 2.05) is 0 Å². The van der Waals surface area contributed by atoms with E-state index in [0.29, 0.717) is 21.1 Å². The number of quaternary nitrogens is 1. The van der Waals surface area contributed by atoms with Gasteiger partial charge in [-0.1, -0.05) is 0 Å². The first-order chi connectivity index (χ1) is 13.4. The molecule has 0 bridgehead atoms. The number of alkyl halides is 18. The fraction of sp³-hybridized carbons (Fsp3) is 1.00. The van der Waals surface area contributed by atoms with E-state index in [-0.39, 0.29) is 0 Å². The van der Waals surface area contributed by atoms with Gasteiger partial charge >= 0.3 is 53.8 Å². The van der Waals surface area contributed by atoms with Crippen molar-refractivity contribution < 1.29 is 83.5 Å². The van der Waals surface area contributed by atoms with Gasteiger partial charge in [-0.05, 0) is 0 Å². The second-order valence-corrected chi connectivity index (χ2v) is 7.52. The molecule has 0 aliphatic rings. The van der Waals surface area contributed by atoms with Crippen LogP contribution in [0.4, 0.5) is 79.0 Å². The lowest BCUT2D eigenvalue weighted by Gasteiger charge is -2.44. The van der Waals surface area contributed by atoms with Gasteiger partial charge in [0.2, 0.25) is 0 Å². The lowest BCUT2D eigenvalue weighted by Crippen LogP contribution is -2.75. The molecule has 0 aliphatic heterocycles.